The number of fused-ring (bicyclic) bond motifs is 3. The second-order valence-corrected chi connectivity index (χ2v) is 6.26. The van der Waals surface area contributed by atoms with E-state index in [0.717, 1.165) is 22.8 Å². The quantitative estimate of drug-likeness (QED) is 0.714. The maximum absolute atomic E-state index is 6.04. The Morgan fingerprint density at radius 3 is 2.84 bits per heavy atom. The van der Waals surface area contributed by atoms with Crippen molar-refractivity contribution in [2.24, 2.45) is 0 Å². The van der Waals surface area contributed by atoms with E-state index in [1.54, 1.807) is 0 Å². The zero-order valence-corrected chi connectivity index (χ0v) is 14.6. The first-order chi connectivity index (χ1) is 12.2. The summed E-state index contributed by atoms with van der Waals surface area (Å²) in [5.74, 6) is 2.10. The fourth-order valence-electron chi connectivity index (χ4n) is 2.57. The second-order valence-electron chi connectivity index (χ2n) is 5.49. The largest absolute Gasteiger partial charge is 0.462 e. The third-order valence-electron chi connectivity index (χ3n) is 3.73. The smallest absolute Gasteiger partial charge is 0.247 e. The Kier molecular flexibility index (Phi) is 4.15. The predicted octanol–water partition coefficient (Wildman–Crippen LogP) is 4.01. The van der Waals surface area contributed by atoms with Gasteiger partial charge in [0.05, 0.1) is 0 Å². The van der Waals surface area contributed by atoms with Gasteiger partial charge in [0, 0.05) is 11.3 Å². The molecule has 0 aliphatic carbocycles. The van der Waals surface area contributed by atoms with Crippen LogP contribution in [0, 0.1) is 6.92 Å². The summed E-state index contributed by atoms with van der Waals surface area (Å²) < 4.78 is 11.6. The topological polar surface area (TPSA) is 73.1 Å². The lowest BCUT2D eigenvalue weighted by Crippen LogP contribution is -2.23. The van der Waals surface area contributed by atoms with Gasteiger partial charge in [-0.25, -0.2) is 0 Å². The van der Waals surface area contributed by atoms with E-state index in [-0.39, 0.29) is 0 Å². The second kappa shape index (κ2) is 6.60. The van der Waals surface area contributed by atoms with Crippen molar-refractivity contribution in [2.75, 3.05) is 11.6 Å². The van der Waals surface area contributed by atoms with Gasteiger partial charge in [0.2, 0.25) is 11.0 Å². The van der Waals surface area contributed by atoms with Gasteiger partial charge in [-0.15, -0.1) is 10.2 Å². The number of nitrogens with zero attached hydrogens (tertiary/aromatic N) is 3. The molecule has 4 rings (SSSR count). The van der Waals surface area contributed by atoms with Crippen molar-refractivity contribution < 1.29 is 9.15 Å². The van der Waals surface area contributed by atoms with Gasteiger partial charge in [0.25, 0.3) is 0 Å². The standard InChI is InChI=1S/C18H16N4O2S/c1-11-7-8-12(23-11)9-10-15-19-14-6-4-3-5-13(14)16-17(24-15)20-18(25-2)22-21-16/h3-10,15,19H,1-2H3. The van der Waals surface area contributed by atoms with Crippen LogP contribution in [0.5, 0.6) is 5.88 Å². The van der Waals surface area contributed by atoms with Crippen molar-refractivity contribution in [2.45, 2.75) is 18.3 Å². The van der Waals surface area contributed by atoms with Gasteiger partial charge in [0.1, 0.15) is 11.5 Å². The van der Waals surface area contributed by atoms with Crippen LogP contribution in [-0.4, -0.2) is 27.7 Å². The average Bonchev–Trinajstić information content (AvgIpc) is 2.98. The van der Waals surface area contributed by atoms with Gasteiger partial charge in [-0.2, -0.15) is 4.98 Å². The van der Waals surface area contributed by atoms with E-state index in [1.165, 1.54) is 11.8 Å². The Morgan fingerprint density at radius 2 is 2.04 bits per heavy atom. The SMILES string of the molecule is CSc1nnc2c(n1)OC(C=Cc1ccc(C)o1)Nc1ccccc1-2. The number of furan rings is 1. The van der Waals surface area contributed by atoms with Gasteiger partial charge in [-0.1, -0.05) is 30.0 Å². The van der Waals surface area contributed by atoms with Gasteiger partial charge in [-0.3, -0.25) is 0 Å². The fraction of sp³-hybridized carbons (Fsp3) is 0.167. The summed E-state index contributed by atoms with van der Waals surface area (Å²) in [6.07, 6.45) is 5.27. The first-order valence-corrected chi connectivity index (χ1v) is 9.01. The third kappa shape index (κ3) is 3.23. The Hall–Kier alpha value is -2.80. The Balaban J connectivity index is 1.73. The summed E-state index contributed by atoms with van der Waals surface area (Å²) in [5, 5.41) is 12.4. The summed E-state index contributed by atoms with van der Waals surface area (Å²) in [5.41, 5.74) is 2.46. The molecule has 0 spiro atoms. The summed E-state index contributed by atoms with van der Waals surface area (Å²) in [6.45, 7) is 1.91. The molecule has 2 aromatic heterocycles. The number of para-hydroxylation sites is 1. The minimum atomic E-state index is -0.404. The van der Waals surface area contributed by atoms with Gasteiger partial charge < -0.3 is 14.5 Å². The molecule has 3 aromatic rings. The van der Waals surface area contributed by atoms with Crippen molar-refractivity contribution in [3.05, 3.63) is 54.0 Å². The lowest BCUT2D eigenvalue weighted by Gasteiger charge is -2.15. The molecule has 1 N–H and O–H groups in total. The number of aromatic nitrogens is 3. The minimum absolute atomic E-state index is 0.404. The Morgan fingerprint density at radius 1 is 1.16 bits per heavy atom. The number of rotatable bonds is 3. The van der Waals surface area contributed by atoms with Gasteiger partial charge in [0.15, 0.2) is 11.9 Å². The molecule has 1 aliphatic rings. The van der Waals surface area contributed by atoms with Crippen LogP contribution in [0.1, 0.15) is 11.5 Å². The van der Waals surface area contributed by atoms with Crippen LogP contribution in [0.2, 0.25) is 0 Å². The maximum Gasteiger partial charge on any atom is 0.247 e. The van der Waals surface area contributed by atoms with Crippen molar-refractivity contribution in [3.63, 3.8) is 0 Å². The van der Waals surface area contributed by atoms with E-state index in [1.807, 2.05) is 61.7 Å². The van der Waals surface area contributed by atoms with Crippen molar-refractivity contribution >= 4 is 23.5 Å². The number of hydrogen-bond acceptors (Lipinski definition) is 7. The van der Waals surface area contributed by atoms with Crippen LogP contribution in [0.3, 0.4) is 0 Å². The van der Waals surface area contributed by atoms with Gasteiger partial charge >= 0.3 is 0 Å². The molecule has 1 aliphatic heterocycles. The summed E-state index contributed by atoms with van der Waals surface area (Å²) >= 11 is 1.43. The van der Waals surface area contributed by atoms with E-state index >= 15 is 0 Å². The molecular weight excluding hydrogens is 336 g/mol. The molecule has 7 heteroatoms. The molecule has 0 bridgehead atoms. The van der Waals surface area contributed by atoms with E-state index in [0.29, 0.717) is 16.7 Å². The van der Waals surface area contributed by atoms with Crippen molar-refractivity contribution in [1.29, 1.82) is 0 Å². The number of aryl methyl sites for hydroxylation is 1. The zero-order valence-electron chi connectivity index (χ0n) is 13.8. The molecule has 0 saturated carbocycles. The van der Waals surface area contributed by atoms with Gasteiger partial charge in [-0.05, 0) is 43.5 Å². The van der Waals surface area contributed by atoms with E-state index in [4.69, 9.17) is 9.15 Å². The molecular formula is C18H16N4O2S. The molecule has 0 fully saturated rings. The number of ether oxygens (including phenoxy) is 1. The molecule has 0 saturated heterocycles. The molecule has 25 heavy (non-hydrogen) atoms. The van der Waals surface area contributed by atoms with Crippen LogP contribution >= 0.6 is 11.8 Å². The molecule has 1 aromatic carbocycles. The predicted molar refractivity (Wildman–Crippen MR) is 97.6 cm³/mol. The molecule has 1 unspecified atom stereocenters. The molecule has 0 radical (unpaired) electrons. The lowest BCUT2D eigenvalue weighted by molar-refractivity contribution is 0.266. The fourth-order valence-corrected chi connectivity index (χ4v) is 2.86. The summed E-state index contributed by atoms with van der Waals surface area (Å²) in [6, 6.07) is 11.7. The number of thioether (sulfide) groups is 1. The average molecular weight is 352 g/mol. The first-order valence-electron chi connectivity index (χ1n) is 7.79. The number of anilines is 1. The number of hydrogen-bond donors (Lipinski definition) is 1. The van der Waals surface area contributed by atoms with E-state index < -0.39 is 6.23 Å². The zero-order chi connectivity index (χ0) is 17.2. The lowest BCUT2D eigenvalue weighted by atomic mass is 10.1. The van der Waals surface area contributed by atoms with Crippen LogP contribution in [0.4, 0.5) is 5.69 Å². The van der Waals surface area contributed by atoms with E-state index in [9.17, 15) is 0 Å². The van der Waals surface area contributed by atoms with Crippen LogP contribution in [0.15, 0.2) is 52.0 Å². The molecule has 126 valence electrons. The highest BCUT2D eigenvalue weighted by atomic mass is 32.2. The monoisotopic (exact) mass is 352 g/mol. The molecule has 3 heterocycles. The highest BCUT2D eigenvalue weighted by Gasteiger charge is 2.23. The van der Waals surface area contributed by atoms with Crippen molar-refractivity contribution in [3.8, 4) is 17.1 Å². The van der Waals surface area contributed by atoms with Crippen molar-refractivity contribution in [1.82, 2.24) is 15.2 Å². The highest BCUT2D eigenvalue weighted by Crippen LogP contribution is 2.36. The molecule has 6 nitrogen and oxygen atoms in total. The molecule has 1 atom stereocenters. The Bertz CT molecular complexity index is 938. The van der Waals surface area contributed by atoms with Crippen LogP contribution in [-0.2, 0) is 0 Å². The minimum Gasteiger partial charge on any atom is -0.462 e. The first kappa shape index (κ1) is 15.7. The van der Waals surface area contributed by atoms with E-state index in [2.05, 4.69) is 20.5 Å². The summed E-state index contributed by atoms with van der Waals surface area (Å²) in [4.78, 5) is 4.47. The summed E-state index contributed by atoms with van der Waals surface area (Å²) in [7, 11) is 0. The highest BCUT2D eigenvalue weighted by molar-refractivity contribution is 7.98. The normalized spacial score (nSPS) is 15.8. The molecule has 0 amide bonds. The maximum atomic E-state index is 6.04. The van der Waals surface area contributed by atoms with Crippen LogP contribution in [0.25, 0.3) is 17.3 Å². The third-order valence-corrected chi connectivity index (χ3v) is 4.27. The number of benzene rings is 1. The Labute approximate surface area is 149 Å². The van der Waals surface area contributed by atoms with Crippen LogP contribution < -0.4 is 10.1 Å². The number of nitrogens with one attached hydrogen (secondary N) is 1.